The van der Waals surface area contributed by atoms with E-state index in [9.17, 15) is 0 Å². The maximum absolute atomic E-state index is 7.00. The number of hydrogen-bond acceptors (Lipinski definition) is 6. The van der Waals surface area contributed by atoms with Crippen molar-refractivity contribution < 1.29 is 50.4 Å². The van der Waals surface area contributed by atoms with Gasteiger partial charge in [0.15, 0.2) is 0 Å². The number of fused-ring (bicyclic) bond motifs is 10. The number of aliphatic hydroxyl groups is 2. The molecule has 0 saturated heterocycles. The molecular formula is C76H85Ir2N8O2-3. The average Bonchev–Trinajstić information content (AvgIpc) is 2.02. The van der Waals surface area contributed by atoms with Crippen LogP contribution >= 0.6 is 0 Å². The van der Waals surface area contributed by atoms with Gasteiger partial charge in [-0.15, -0.1) is 107 Å². The van der Waals surface area contributed by atoms with E-state index < -0.39 is 0 Å². The monoisotopic (exact) mass is 1530 g/mol. The van der Waals surface area contributed by atoms with E-state index in [-0.39, 0.29) is 40.2 Å². The molecule has 2 aliphatic carbocycles. The number of aryl methyl sites for hydroxylation is 6. The first-order chi connectivity index (χ1) is 41.7. The smallest absolute Gasteiger partial charge is 0.145 e. The molecule has 0 bridgehead atoms. The minimum Gasteiger partial charge on any atom is -0.400 e. The number of imidazole rings is 4. The maximum Gasteiger partial charge on any atom is 0.145 e. The first kappa shape index (κ1) is 68.4. The molecule has 6 aromatic carbocycles. The third-order valence-electron chi connectivity index (χ3n) is 16.7. The Kier molecular flexibility index (Phi) is 24.0. The van der Waals surface area contributed by atoms with Gasteiger partial charge in [-0.05, 0) is 130 Å². The van der Waals surface area contributed by atoms with Gasteiger partial charge in [0.25, 0.3) is 0 Å². The zero-order valence-corrected chi connectivity index (χ0v) is 58.4. The van der Waals surface area contributed by atoms with Crippen molar-refractivity contribution in [2.45, 2.75) is 145 Å². The van der Waals surface area contributed by atoms with Crippen LogP contribution in [0, 0.1) is 45.9 Å². The zero-order chi connectivity index (χ0) is 61.3. The van der Waals surface area contributed by atoms with Gasteiger partial charge in [-0.25, -0.2) is 4.98 Å². The molecule has 12 heteroatoms. The molecular weight excluding hydrogens is 1440 g/mol. The Bertz CT molecular complexity index is 3920. The van der Waals surface area contributed by atoms with Gasteiger partial charge in [-0.1, -0.05) is 122 Å². The summed E-state index contributed by atoms with van der Waals surface area (Å²) in [5.74, 6) is 3.75. The molecule has 0 saturated carbocycles. The summed E-state index contributed by atoms with van der Waals surface area (Å²) in [7, 11) is 2.00. The standard InChI is InChI=1S/2C23H27N2.C14H12N2.C14H11N2.2CH4O.2Ir/c2*1-15(2)20-13-10-14-21(16(3)4)22(20)25-18(6)17(5)24-23(25)19-11-8-7-9-12-19;2*1-2-5-11-10(4-1)8-9-16-13-7-3-6-12(13)15-14(11)16;2*1-2;;/h2*7-11,13-16H,1-6H3;1-2,4-5,8-9H,3,6-7H2;1-2,4,8-9H,3,6-7H2;2*2H,1H3;;/q2*-1;;-1;;;;. The van der Waals surface area contributed by atoms with Crippen molar-refractivity contribution in [3.63, 3.8) is 0 Å². The van der Waals surface area contributed by atoms with Crippen molar-refractivity contribution in [1.82, 2.24) is 37.9 Å². The molecule has 14 rings (SSSR count). The van der Waals surface area contributed by atoms with Crippen molar-refractivity contribution in [2.24, 2.45) is 0 Å². The summed E-state index contributed by atoms with van der Waals surface area (Å²) in [5.41, 5.74) is 22.2. The minimum atomic E-state index is 0. The van der Waals surface area contributed by atoms with Crippen LogP contribution in [0.4, 0.5) is 0 Å². The number of aromatic nitrogens is 8. The topological polar surface area (TPSA) is 111 Å². The fraction of sp³-hybridized carbons (Fsp3) is 0.316. The van der Waals surface area contributed by atoms with Crippen LogP contribution < -0.4 is 0 Å². The second kappa shape index (κ2) is 30.9. The maximum atomic E-state index is 7.00. The molecule has 0 fully saturated rings. The fourth-order valence-corrected chi connectivity index (χ4v) is 12.2. The second-order valence-electron chi connectivity index (χ2n) is 23.4. The van der Waals surface area contributed by atoms with Crippen molar-refractivity contribution in [1.29, 1.82) is 0 Å². The van der Waals surface area contributed by atoms with Crippen molar-refractivity contribution in [2.75, 3.05) is 14.2 Å². The van der Waals surface area contributed by atoms with Crippen LogP contribution in [0.25, 0.3) is 67.0 Å². The van der Waals surface area contributed by atoms with Gasteiger partial charge in [0, 0.05) is 112 Å². The second-order valence-corrected chi connectivity index (χ2v) is 23.4. The van der Waals surface area contributed by atoms with Crippen LogP contribution in [0.2, 0.25) is 0 Å². The molecule has 12 aromatic rings. The molecule has 0 unspecified atom stereocenters. The van der Waals surface area contributed by atoms with Crippen LogP contribution in [0.15, 0.2) is 152 Å². The summed E-state index contributed by atoms with van der Waals surface area (Å²) in [6.45, 7) is 26.6. The third kappa shape index (κ3) is 14.0. The van der Waals surface area contributed by atoms with Gasteiger partial charge in [-0.3, -0.25) is 15.0 Å². The van der Waals surface area contributed by atoms with Crippen LogP contribution in [0.1, 0.15) is 160 Å². The van der Waals surface area contributed by atoms with Gasteiger partial charge in [-0.2, -0.15) is 0 Å². The van der Waals surface area contributed by atoms with Gasteiger partial charge >= 0.3 is 0 Å². The Labute approximate surface area is 548 Å². The van der Waals surface area contributed by atoms with Crippen LogP contribution in [-0.4, -0.2) is 62.3 Å². The molecule has 2 N–H and O–H groups in total. The number of benzene rings is 6. The summed E-state index contributed by atoms with van der Waals surface area (Å²) in [6, 6.07) is 58.4. The molecule has 0 spiro atoms. The molecule has 2 aliphatic rings. The molecule has 0 aliphatic heterocycles. The minimum absolute atomic E-state index is 0. The Hall–Kier alpha value is -7.14. The Morgan fingerprint density at radius 2 is 0.807 bits per heavy atom. The van der Waals surface area contributed by atoms with Crippen LogP contribution in [0.5, 0.6) is 0 Å². The Morgan fingerprint density at radius 1 is 0.409 bits per heavy atom. The molecule has 6 aromatic heterocycles. The van der Waals surface area contributed by atoms with Gasteiger partial charge in [0.2, 0.25) is 0 Å². The first-order valence-corrected chi connectivity index (χ1v) is 30.6. The Morgan fingerprint density at radius 3 is 1.25 bits per heavy atom. The van der Waals surface area contributed by atoms with Gasteiger partial charge in [0.1, 0.15) is 5.65 Å². The van der Waals surface area contributed by atoms with E-state index in [2.05, 4.69) is 223 Å². The number of pyridine rings is 2. The number of nitrogens with zero attached hydrogens (tertiary/aromatic N) is 8. The summed E-state index contributed by atoms with van der Waals surface area (Å²) in [5, 5.41) is 18.9. The molecule has 2 radical (unpaired) electrons. The van der Waals surface area contributed by atoms with Crippen molar-refractivity contribution >= 4 is 32.8 Å². The van der Waals surface area contributed by atoms with E-state index in [4.69, 9.17) is 30.1 Å². The van der Waals surface area contributed by atoms with Gasteiger partial charge in [0.05, 0.1) is 28.7 Å². The number of para-hydroxylation sites is 2. The molecule has 6 heterocycles. The van der Waals surface area contributed by atoms with E-state index >= 15 is 0 Å². The number of aliphatic hydroxyl groups excluding tert-OH is 2. The van der Waals surface area contributed by atoms with E-state index in [0.717, 1.165) is 84.3 Å². The first-order valence-electron chi connectivity index (χ1n) is 30.6. The number of hydrogen-bond donors (Lipinski definition) is 2. The summed E-state index contributed by atoms with van der Waals surface area (Å²) in [6.07, 6.45) is 11.4. The van der Waals surface area contributed by atoms with Crippen LogP contribution in [0.3, 0.4) is 0 Å². The molecule has 0 amide bonds. The third-order valence-corrected chi connectivity index (χ3v) is 16.7. The summed E-state index contributed by atoms with van der Waals surface area (Å²) >= 11 is 0. The van der Waals surface area contributed by atoms with E-state index in [1.165, 1.54) is 103 Å². The van der Waals surface area contributed by atoms with E-state index in [1.807, 2.05) is 48.5 Å². The normalized spacial score (nSPS) is 12.0. The van der Waals surface area contributed by atoms with Crippen LogP contribution in [-0.2, 0) is 65.9 Å². The van der Waals surface area contributed by atoms with Gasteiger partial charge < -0.3 is 28.1 Å². The summed E-state index contributed by atoms with van der Waals surface area (Å²) in [4.78, 5) is 19.3. The Balaban J connectivity index is 0.000000165. The molecule has 88 heavy (non-hydrogen) atoms. The van der Waals surface area contributed by atoms with Crippen molar-refractivity contribution in [3.05, 3.63) is 238 Å². The summed E-state index contributed by atoms with van der Waals surface area (Å²) < 4.78 is 9.18. The van der Waals surface area contributed by atoms with E-state index in [1.54, 1.807) is 0 Å². The van der Waals surface area contributed by atoms with E-state index in [0.29, 0.717) is 23.7 Å². The molecule has 462 valence electrons. The number of rotatable bonds is 8. The SMILES string of the molecule is CO.CO.Cc1nc(-c2[c-]cccc2)n(-c2c(C(C)C)cccc2C(C)C)c1C.Cc1nc(-c2[c-]cccc2)n(-c2c(C(C)C)cccc2C(C)C)c1C.[Ir].[Ir].[c-]1cccc2ccn3c4c(nc3c12)CCC4.c1ccc2c(c1)ccn1c3c(nc21)CCC3. The fourth-order valence-electron chi connectivity index (χ4n) is 12.2. The van der Waals surface area contributed by atoms with Crippen molar-refractivity contribution in [3.8, 4) is 34.2 Å². The quantitative estimate of drug-likeness (QED) is 0.147. The zero-order valence-electron chi connectivity index (χ0n) is 53.6. The largest absolute Gasteiger partial charge is 0.400 e. The predicted octanol–water partition coefficient (Wildman–Crippen LogP) is 17.4. The molecule has 0 atom stereocenters. The average molecular weight is 1530 g/mol. The molecule has 10 nitrogen and oxygen atoms in total. The predicted molar refractivity (Wildman–Crippen MR) is 356 cm³/mol.